The molecule has 0 aliphatic carbocycles. The van der Waals surface area contributed by atoms with E-state index in [0.717, 1.165) is 12.4 Å². The average molecular weight is 386 g/mol. The van der Waals surface area contributed by atoms with Crippen LogP contribution in [-0.2, 0) is 0 Å². The highest BCUT2D eigenvalue weighted by Crippen LogP contribution is 2.16. The van der Waals surface area contributed by atoms with E-state index in [1.54, 1.807) is 0 Å². The molecule has 0 aliphatic rings. The van der Waals surface area contributed by atoms with Gasteiger partial charge in [0.05, 0.1) is 9.85 Å². The smallest absolute Gasteiger partial charge is 0.313 e. The zero-order valence-corrected chi connectivity index (χ0v) is 14.1. The first-order chi connectivity index (χ1) is 13.3. The lowest BCUT2D eigenvalue weighted by atomic mass is 10.3. The summed E-state index contributed by atoms with van der Waals surface area (Å²) in [5, 5.41) is 30.6. The van der Waals surface area contributed by atoms with E-state index in [-0.39, 0.29) is 11.4 Å². The highest BCUT2D eigenvalue weighted by molar-refractivity contribution is 5.91. The summed E-state index contributed by atoms with van der Waals surface area (Å²) in [4.78, 5) is 43.3. The Morgan fingerprint density at radius 1 is 0.679 bits per heavy atom. The van der Waals surface area contributed by atoms with Gasteiger partial charge >= 0.3 is 12.1 Å². The summed E-state index contributed by atoms with van der Waals surface area (Å²) in [6.07, 6.45) is 2.33. The molecule has 0 saturated carbocycles. The second kappa shape index (κ2) is 9.28. The van der Waals surface area contributed by atoms with Crippen LogP contribution in [0.15, 0.2) is 60.9 Å². The zero-order chi connectivity index (χ0) is 20.5. The molecule has 4 N–H and O–H groups in total. The van der Waals surface area contributed by atoms with Gasteiger partial charge in [-0.2, -0.15) is 0 Å². The van der Waals surface area contributed by atoms with Crippen molar-refractivity contribution < 1.29 is 19.4 Å². The third-order valence-corrected chi connectivity index (χ3v) is 3.18. The van der Waals surface area contributed by atoms with E-state index in [0.29, 0.717) is 11.4 Å². The van der Waals surface area contributed by atoms with Crippen molar-refractivity contribution in [1.29, 1.82) is 0 Å². The van der Waals surface area contributed by atoms with E-state index in [9.17, 15) is 29.8 Å². The number of rotatable bonds is 6. The van der Waals surface area contributed by atoms with Crippen LogP contribution < -0.4 is 21.3 Å². The molecule has 12 heteroatoms. The lowest BCUT2D eigenvalue weighted by Crippen LogP contribution is -2.27. The summed E-state index contributed by atoms with van der Waals surface area (Å²) in [5.74, 6) is 0. The van der Waals surface area contributed by atoms with E-state index in [1.165, 1.54) is 48.5 Å². The second-order valence-corrected chi connectivity index (χ2v) is 5.14. The van der Waals surface area contributed by atoms with Crippen molar-refractivity contribution in [3.63, 3.8) is 0 Å². The van der Waals surface area contributed by atoms with Gasteiger partial charge in [0.1, 0.15) is 0 Å². The van der Waals surface area contributed by atoms with E-state index < -0.39 is 21.9 Å². The highest BCUT2D eigenvalue weighted by Gasteiger charge is 2.06. The first-order valence-corrected chi connectivity index (χ1v) is 7.64. The molecular weight excluding hydrogens is 372 g/mol. The van der Waals surface area contributed by atoms with Crippen LogP contribution in [0.2, 0.25) is 0 Å². The number of nitrogens with zero attached hydrogens (tertiary/aromatic N) is 2. The lowest BCUT2D eigenvalue weighted by Gasteiger charge is -2.05. The van der Waals surface area contributed by atoms with Gasteiger partial charge in [0.15, 0.2) is 0 Å². The van der Waals surface area contributed by atoms with Gasteiger partial charge in [-0.25, -0.2) is 9.59 Å². The molecule has 0 fully saturated rings. The summed E-state index contributed by atoms with van der Waals surface area (Å²) in [6.45, 7) is 0. The van der Waals surface area contributed by atoms with Crippen molar-refractivity contribution in [1.82, 2.24) is 10.6 Å². The minimum Gasteiger partial charge on any atom is -0.313 e. The van der Waals surface area contributed by atoms with Crippen molar-refractivity contribution >= 4 is 34.8 Å². The summed E-state index contributed by atoms with van der Waals surface area (Å²) in [5.41, 5.74) is 0.490. The molecule has 0 spiro atoms. The SMILES string of the molecule is O=C(NC=CNC(=O)Nc1ccc([N+](=O)[O-])cc1)Nc1ccc([N+](=O)[O-])cc1. The van der Waals surface area contributed by atoms with Gasteiger partial charge in [-0.1, -0.05) is 0 Å². The maximum absolute atomic E-state index is 11.7. The average Bonchev–Trinajstić information content (AvgIpc) is 2.66. The summed E-state index contributed by atoms with van der Waals surface area (Å²) in [7, 11) is 0. The Labute approximate surface area is 157 Å². The molecule has 0 atom stereocenters. The fourth-order valence-electron chi connectivity index (χ4n) is 1.90. The Bertz CT molecular complexity index is 835. The van der Waals surface area contributed by atoms with Crippen molar-refractivity contribution in [2.75, 3.05) is 10.6 Å². The molecule has 144 valence electrons. The molecule has 0 unspecified atom stereocenters. The molecule has 28 heavy (non-hydrogen) atoms. The predicted molar refractivity (Wildman–Crippen MR) is 99.6 cm³/mol. The van der Waals surface area contributed by atoms with Crippen LogP contribution >= 0.6 is 0 Å². The standard InChI is InChI=1S/C16H14N6O6/c23-15(19-11-1-5-13(6-2-11)21(25)26)17-9-10-18-16(24)20-12-3-7-14(8-4-12)22(27)28/h1-10H,(H2,17,19,23)(H2,18,20,24). The van der Waals surface area contributed by atoms with Crippen LogP contribution in [0, 0.1) is 20.2 Å². The normalized spacial score (nSPS) is 10.1. The number of nitrogens with one attached hydrogen (secondary N) is 4. The lowest BCUT2D eigenvalue weighted by molar-refractivity contribution is -0.385. The monoisotopic (exact) mass is 386 g/mol. The maximum atomic E-state index is 11.7. The Balaban J connectivity index is 1.74. The van der Waals surface area contributed by atoms with Gasteiger partial charge in [-0.05, 0) is 24.3 Å². The van der Waals surface area contributed by atoms with E-state index in [1.807, 2.05) is 0 Å². The Hall–Kier alpha value is -4.48. The van der Waals surface area contributed by atoms with Gasteiger partial charge in [-0.3, -0.25) is 20.2 Å². The third kappa shape index (κ3) is 6.11. The molecule has 4 amide bonds. The van der Waals surface area contributed by atoms with E-state index in [2.05, 4.69) is 21.3 Å². The molecule has 0 aromatic heterocycles. The molecule has 2 rings (SSSR count). The van der Waals surface area contributed by atoms with Crippen molar-refractivity contribution in [2.45, 2.75) is 0 Å². The predicted octanol–water partition coefficient (Wildman–Crippen LogP) is 2.92. The fourth-order valence-corrected chi connectivity index (χ4v) is 1.90. The Kier molecular flexibility index (Phi) is 6.58. The van der Waals surface area contributed by atoms with Gasteiger partial charge in [0.2, 0.25) is 0 Å². The molecular formula is C16H14N6O6. The fraction of sp³-hybridized carbons (Fsp3) is 0. The molecule has 12 nitrogen and oxygen atoms in total. The number of nitro benzene ring substituents is 2. The van der Waals surface area contributed by atoms with Crippen LogP contribution in [0.25, 0.3) is 0 Å². The minimum absolute atomic E-state index is 0.103. The Morgan fingerprint density at radius 3 is 1.29 bits per heavy atom. The molecule has 0 bridgehead atoms. The van der Waals surface area contributed by atoms with Gasteiger partial charge in [0, 0.05) is 48.0 Å². The molecule has 0 saturated heterocycles. The number of urea groups is 2. The van der Waals surface area contributed by atoms with Crippen LogP contribution in [0.1, 0.15) is 0 Å². The second-order valence-electron chi connectivity index (χ2n) is 5.14. The number of nitro groups is 2. The third-order valence-electron chi connectivity index (χ3n) is 3.18. The molecule has 0 aliphatic heterocycles. The Morgan fingerprint density at radius 2 is 1.00 bits per heavy atom. The largest absolute Gasteiger partial charge is 0.323 e. The molecule has 0 heterocycles. The van der Waals surface area contributed by atoms with Crippen LogP contribution in [-0.4, -0.2) is 21.9 Å². The number of anilines is 2. The molecule has 2 aromatic rings. The summed E-state index contributed by atoms with van der Waals surface area (Å²) < 4.78 is 0. The number of amides is 4. The van der Waals surface area contributed by atoms with Gasteiger partial charge < -0.3 is 21.3 Å². The first-order valence-electron chi connectivity index (χ1n) is 7.64. The number of non-ortho nitro benzene ring substituents is 2. The molecule has 2 aromatic carbocycles. The summed E-state index contributed by atoms with van der Waals surface area (Å²) in [6, 6.07) is 9.23. The van der Waals surface area contributed by atoms with E-state index in [4.69, 9.17) is 0 Å². The molecule has 0 radical (unpaired) electrons. The summed E-state index contributed by atoms with van der Waals surface area (Å²) >= 11 is 0. The number of hydrogen-bond acceptors (Lipinski definition) is 6. The van der Waals surface area contributed by atoms with Crippen molar-refractivity contribution in [2.24, 2.45) is 0 Å². The quantitative estimate of drug-likeness (QED) is 0.439. The number of hydrogen-bond donors (Lipinski definition) is 4. The number of benzene rings is 2. The van der Waals surface area contributed by atoms with Gasteiger partial charge in [0.25, 0.3) is 11.4 Å². The highest BCUT2D eigenvalue weighted by atomic mass is 16.6. The zero-order valence-electron chi connectivity index (χ0n) is 14.1. The topological polar surface area (TPSA) is 169 Å². The number of carbonyl (C=O) groups is 2. The first kappa shape index (κ1) is 19.8. The minimum atomic E-state index is -0.623. The van der Waals surface area contributed by atoms with Gasteiger partial charge in [-0.15, -0.1) is 0 Å². The van der Waals surface area contributed by atoms with Crippen LogP contribution in [0.4, 0.5) is 32.3 Å². The van der Waals surface area contributed by atoms with E-state index >= 15 is 0 Å². The van der Waals surface area contributed by atoms with Crippen LogP contribution in [0.5, 0.6) is 0 Å². The maximum Gasteiger partial charge on any atom is 0.323 e. The number of carbonyl (C=O) groups excluding carboxylic acids is 2. The van der Waals surface area contributed by atoms with Crippen LogP contribution in [0.3, 0.4) is 0 Å². The van der Waals surface area contributed by atoms with Crippen molar-refractivity contribution in [3.8, 4) is 0 Å². The van der Waals surface area contributed by atoms with Crippen molar-refractivity contribution in [3.05, 3.63) is 81.2 Å².